The summed E-state index contributed by atoms with van der Waals surface area (Å²) in [6.45, 7) is 4.11. The minimum Gasteiger partial charge on any atom is -0.423 e. The second kappa shape index (κ2) is 5.04. The largest absolute Gasteiger partial charge is 0.423 e. The lowest BCUT2D eigenvalue weighted by molar-refractivity contribution is -0.120. The van der Waals surface area contributed by atoms with Crippen molar-refractivity contribution in [2.45, 2.75) is 26.8 Å². The molecule has 0 atom stereocenters. The molecule has 4 nitrogen and oxygen atoms in total. The molecule has 0 bridgehead atoms. The zero-order valence-electron chi connectivity index (χ0n) is 10.4. The number of carbonyl (C=O) groups excluding carboxylic acids is 1. The van der Waals surface area contributed by atoms with Gasteiger partial charge in [-0.3, -0.25) is 4.79 Å². The van der Waals surface area contributed by atoms with E-state index in [4.69, 9.17) is 4.42 Å². The standard InChI is InChI=1S/C14H15NO3/c1-3-13(16)15-8-10-7-14(17)18-12-5-4-9(2)6-11(10)12/h4-7H,3,8H2,1-2H3,(H,15,16). The van der Waals surface area contributed by atoms with E-state index >= 15 is 0 Å². The van der Waals surface area contributed by atoms with Gasteiger partial charge < -0.3 is 9.73 Å². The summed E-state index contributed by atoms with van der Waals surface area (Å²) < 4.78 is 5.12. The van der Waals surface area contributed by atoms with Gasteiger partial charge in [-0.25, -0.2) is 4.79 Å². The molecule has 0 radical (unpaired) electrons. The number of amides is 1. The average Bonchev–Trinajstić information content (AvgIpc) is 2.36. The van der Waals surface area contributed by atoms with Gasteiger partial charge in [0.1, 0.15) is 5.58 Å². The average molecular weight is 245 g/mol. The first-order valence-corrected chi connectivity index (χ1v) is 5.90. The predicted molar refractivity (Wildman–Crippen MR) is 69.4 cm³/mol. The quantitative estimate of drug-likeness (QED) is 0.843. The molecular weight excluding hydrogens is 230 g/mol. The van der Waals surface area contributed by atoms with Gasteiger partial charge in [-0.05, 0) is 24.6 Å². The van der Waals surface area contributed by atoms with Crippen molar-refractivity contribution in [2.75, 3.05) is 0 Å². The Hall–Kier alpha value is -2.10. The van der Waals surface area contributed by atoms with Gasteiger partial charge in [0.2, 0.25) is 5.91 Å². The van der Waals surface area contributed by atoms with Crippen molar-refractivity contribution in [2.24, 2.45) is 0 Å². The fourth-order valence-electron chi connectivity index (χ4n) is 1.81. The van der Waals surface area contributed by atoms with Crippen molar-refractivity contribution in [3.05, 3.63) is 45.8 Å². The first-order valence-electron chi connectivity index (χ1n) is 5.90. The van der Waals surface area contributed by atoms with Crippen LogP contribution in [-0.2, 0) is 11.3 Å². The van der Waals surface area contributed by atoms with Gasteiger partial charge in [-0.1, -0.05) is 18.6 Å². The van der Waals surface area contributed by atoms with Crippen LogP contribution in [0.2, 0.25) is 0 Å². The molecule has 0 aliphatic carbocycles. The minimum absolute atomic E-state index is 0.0379. The lowest BCUT2D eigenvalue weighted by Crippen LogP contribution is -2.22. The molecule has 0 unspecified atom stereocenters. The summed E-state index contributed by atoms with van der Waals surface area (Å²) in [5.74, 6) is -0.0379. The van der Waals surface area contributed by atoms with Crippen molar-refractivity contribution in [1.29, 1.82) is 0 Å². The number of fused-ring (bicyclic) bond motifs is 1. The normalized spacial score (nSPS) is 10.6. The van der Waals surface area contributed by atoms with E-state index in [0.717, 1.165) is 16.5 Å². The van der Waals surface area contributed by atoms with Gasteiger partial charge in [0.15, 0.2) is 0 Å². The van der Waals surface area contributed by atoms with Gasteiger partial charge in [0, 0.05) is 24.4 Å². The summed E-state index contributed by atoms with van der Waals surface area (Å²) in [7, 11) is 0. The maximum absolute atomic E-state index is 11.4. The molecule has 4 heteroatoms. The van der Waals surface area contributed by atoms with Gasteiger partial charge in [-0.15, -0.1) is 0 Å². The van der Waals surface area contributed by atoms with Crippen LogP contribution in [-0.4, -0.2) is 5.91 Å². The van der Waals surface area contributed by atoms with E-state index in [0.29, 0.717) is 18.5 Å². The molecule has 1 N–H and O–H groups in total. The summed E-state index contributed by atoms with van der Waals surface area (Å²) in [5, 5.41) is 3.63. The molecule has 2 rings (SSSR count). The highest BCUT2D eigenvalue weighted by Gasteiger charge is 2.06. The molecule has 0 aliphatic rings. The second-order valence-corrected chi connectivity index (χ2v) is 4.22. The molecule has 0 fully saturated rings. The maximum atomic E-state index is 11.4. The Kier molecular flexibility index (Phi) is 3.46. The fraction of sp³-hybridized carbons (Fsp3) is 0.286. The topological polar surface area (TPSA) is 59.3 Å². The molecule has 1 aromatic heterocycles. The molecule has 0 saturated heterocycles. The van der Waals surface area contributed by atoms with E-state index in [9.17, 15) is 9.59 Å². The third-order valence-corrected chi connectivity index (χ3v) is 2.78. The smallest absolute Gasteiger partial charge is 0.336 e. The number of hydrogen-bond donors (Lipinski definition) is 1. The Morgan fingerprint density at radius 3 is 2.83 bits per heavy atom. The molecule has 1 heterocycles. The van der Waals surface area contributed by atoms with Crippen LogP contribution < -0.4 is 10.9 Å². The number of nitrogens with one attached hydrogen (secondary N) is 1. The van der Waals surface area contributed by atoms with Crippen molar-refractivity contribution in [3.8, 4) is 0 Å². The second-order valence-electron chi connectivity index (χ2n) is 4.22. The van der Waals surface area contributed by atoms with E-state index in [1.807, 2.05) is 19.1 Å². The Balaban J connectivity index is 2.44. The Bertz CT molecular complexity index is 643. The molecule has 0 spiro atoms. The van der Waals surface area contributed by atoms with Crippen LogP contribution in [0.5, 0.6) is 0 Å². The molecule has 0 saturated carbocycles. The van der Waals surface area contributed by atoms with Gasteiger partial charge in [-0.2, -0.15) is 0 Å². The first-order chi connectivity index (χ1) is 8.60. The maximum Gasteiger partial charge on any atom is 0.336 e. The third kappa shape index (κ3) is 2.59. The highest BCUT2D eigenvalue weighted by molar-refractivity contribution is 5.82. The Labute approximate surface area is 105 Å². The molecule has 18 heavy (non-hydrogen) atoms. The summed E-state index contributed by atoms with van der Waals surface area (Å²) in [4.78, 5) is 22.7. The zero-order valence-corrected chi connectivity index (χ0v) is 10.4. The number of aryl methyl sites for hydroxylation is 1. The first kappa shape index (κ1) is 12.4. The number of benzene rings is 1. The van der Waals surface area contributed by atoms with E-state index in [-0.39, 0.29) is 5.91 Å². The predicted octanol–water partition coefficient (Wildman–Crippen LogP) is 2.13. The van der Waals surface area contributed by atoms with Crippen molar-refractivity contribution in [1.82, 2.24) is 5.32 Å². The Morgan fingerprint density at radius 1 is 1.33 bits per heavy atom. The fourth-order valence-corrected chi connectivity index (χ4v) is 1.81. The molecule has 1 amide bonds. The van der Waals surface area contributed by atoms with Crippen LogP contribution in [0.15, 0.2) is 33.5 Å². The van der Waals surface area contributed by atoms with E-state index < -0.39 is 5.63 Å². The van der Waals surface area contributed by atoms with Crippen LogP contribution >= 0.6 is 0 Å². The molecule has 1 aromatic carbocycles. The van der Waals surface area contributed by atoms with Crippen LogP contribution in [0.3, 0.4) is 0 Å². The highest BCUT2D eigenvalue weighted by Crippen LogP contribution is 2.18. The van der Waals surface area contributed by atoms with Crippen LogP contribution in [0.1, 0.15) is 24.5 Å². The summed E-state index contributed by atoms with van der Waals surface area (Å²) in [5.41, 5.74) is 2.02. The van der Waals surface area contributed by atoms with Crippen LogP contribution in [0, 0.1) is 6.92 Å². The lowest BCUT2D eigenvalue weighted by Gasteiger charge is -2.07. The van der Waals surface area contributed by atoms with Crippen LogP contribution in [0.4, 0.5) is 0 Å². The summed E-state index contributed by atoms with van der Waals surface area (Å²) in [6.07, 6.45) is 0.429. The molecular formula is C14H15NO3. The summed E-state index contributed by atoms with van der Waals surface area (Å²) >= 11 is 0. The minimum atomic E-state index is -0.396. The molecule has 0 aliphatic heterocycles. The zero-order chi connectivity index (χ0) is 13.1. The van der Waals surface area contributed by atoms with E-state index in [1.165, 1.54) is 6.07 Å². The van der Waals surface area contributed by atoms with E-state index in [2.05, 4.69) is 5.32 Å². The molecule has 2 aromatic rings. The Morgan fingerprint density at radius 2 is 2.11 bits per heavy atom. The lowest BCUT2D eigenvalue weighted by atomic mass is 10.1. The summed E-state index contributed by atoms with van der Waals surface area (Å²) in [6, 6.07) is 7.04. The third-order valence-electron chi connectivity index (χ3n) is 2.78. The van der Waals surface area contributed by atoms with Crippen molar-refractivity contribution < 1.29 is 9.21 Å². The van der Waals surface area contributed by atoms with E-state index in [1.54, 1.807) is 13.0 Å². The van der Waals surface area contributed by atoms with Gasteiger partial charge in [0.05, 0.1) is 0 Å². The van der Waals surface area contributed by atoms with Gasteiger partial charge >= 0.3 is 5.63 Å². The monoisotopic (exact) mass is 245 g/mol. The number of carbonyl (C=O) groups is 1. The highest BCUT2D eigenvalue weighted by atomic mass is 16.4. The number of rotatable bonds is 3. The van der Waals surface area contributed by atoms with Gasteiger partial charge in [0.25, 0.3) is 0 Å². The van der Waals surface area contributed by atoms with Crippen molar-refractivity contribution in [3.63, 3.8) is 0 Å². The number of hydrogen-bond acceptors (Lipinski definition) is 3. The SMILES string of the molecule is CCC(=O)NCc1cc(=O)oc2ccc(C)cc12. The van der Waals surface area contributed by atoms with Crippen molar-refractivity contribution >= 4 is 16.9 Å². The molecule has 94 valence electrons. The van der Waals surface area contributed by atoms with Crippen LogP contribution in [0.25, 0.3) is 11.0 Å².